The SMILES string of the molecule is CCC(C)n1cc(C)nc1N. The third-order valence-electron chi connectivity index (χ3n) is 1.95. The minimum atomic E-state index is 0.455. The molecule has 0 bridgehead atoms. The van der Waals surface area contributed by atoms with Gasteiger partial charge in [-0.05, 0) is 20.3 Å². The maximum Gasteiger partial charge on any atom is 0.200 e. The number of hydrogen-bond acceptors (Lipinski definition) is 2. The highest BCUT2D eigenvalue weighted by Crippen LogP contribution is 2.15. The Morgan fingerprint density at radius 1 is 1.73 bits per heavy atom. The van der Waals surface area contributed by atoms with E-state index in [4.69, 9.17) is 5.73 Å². The minimum Gasteiger partial charge on any atom is -0.369 e. The predicted molar refractivity (Wildman–Crippen MR) is 46.4 cm³/mol. The Balaban J connectivity index is 2.93. The fraction of sp³-hybridized carbons (Fsp3) is 0.625. The Morgan fingerprint density at radius 3 is 2.73 bits per heavy atom. The zero-order valence-electron chi connectivity index (χ0n) is 7.33. The van der Waals surface area contributed by atoms with Crippen molar-refractivity contribution >= 4 is 5.95 Å². The number of imidazole rings is 1. The number of nitrogen functional groups attached to an aromatic ring is 1. The number of nitrogens with two attached hydrogens (primary N) is 1. The second-order valence-corrected chi connectivity index (χ2v) is 2.91. The summed E-state index contributed by atoms with van der Waals surface area (Å²) in [7, 11) is 0. The molecule has 1 rings (SSSR count). The van der Waals surface area contributed by atoms with Gasteiger partial charge in [0.2, 0.25) is 5.95 Å². The normalized spacial score (nSPS) is 13.4. The van der Waals surface area contributed by atoms with Crippen molar-refractivity contribution < 1.29 is 0 Å². The summed E-state index contributed by atoms with van der Waals surface area (Å²) >= 11 is 0. The molecular formula is C8H15N3. The molecule has 0 saturated heterocycles. The van der Waals surface area contributed by atoms with Gasteiger partial charge in [0, 0.05) is 12.2 Å². The molecule has 1 heterocycles. The summed E-state index contributed by atoms with van der Waals surface area (Å²) in [5.41, 5.74) is 6.66. The molecule has 0 amide bonds. The van der Waals surface area contributed by atoms with E-state index in [0.717, 1.165) is 12.1 Å². The van der Waals surface area contributed by atoms with Crippen molar-refractivity contribution in [1.29, 1.82) is 0 Å². The first-order valence-corrected chi connectivity index (χ1v) is 3.96. The molecule has 0 fully saturated rings. The summed E-state index contributed by atoms with van der Waals surface area (Å²) in [6.07, 6.45) is 3.07. The molecule has 0 saturated carbocycles. The summed E-state index contributed by atoms with van der Waals surface area (Å²) in [6, 6.07) is 0.455. The molecule has 2 N–H and O–H groups in total. The number of anilines is 1. The molecule has 0 aliphatic rings. The van der Waals surface area contributed by atoms with E-state index >= 15 is 0 Å². The van der Waals surface area contributed by atoms with E-state index in [2.05, 4.69) is 18.8 Å². The summed E-state index contributed by atoms with van der Waals surface area (Å²) in [4.78, 5) is 4.12. The maximum absolute atomic E-state index is 5.67. The molecule has 1 aromatic rings. The molecule has 1 atom stereocenters. The monoisotopic (exact) mass is 153 g/mol. The molecule has 62 valence electrons. The fourth-order valence-electron chi connectivity index (χ4n) is 1.08. The van der Waals surface area contributed by atoms with Crippen LogP contribution in [0.15, 0.2) is 6.20 Å². The van der Waals surface area contributed by atoms with E-state index in [-0.39, 0.29) is 0 Å². The van der Waals surface area contributed by atoms with Crippen molar-refractivity contribution in [2.75, 3.05) is 5.73 Å². The Hall–Kier alpha value is -0.990. The lowest BCUT2D eigenvalue weighted by molar-refractivity contribution is 0.537. The van der Waals surface area contributed by atoms with Gasteiger partial charge in [-0.3, -0.25) is 0 Å². The van der Waals surface area contributed by atoms with Crippen LogP contribution in [-0.4, -0.2) is 9.55 Å². The van der Waals surface area contributed by atoms with Crippen molar-refractivity contribution in [2.24, 2.45) is 0 Å². The molecule has 3 heteroatoms. The van der Waals surface area contributed by atoms with Crippen molar-refractivity contribution in [3.05, 3.63) is 11.9 Å². The molecule has 0 radical (unpaired) electrons. The third kappa shape index (κ3) is 1.53. The average Bonchev–Trinajstić information content (AvgIpc) is 2.28. The van der Waals surface area contributed by atoms with E-state index in [1.807, 2.05) is 17.7 Å². The van der Waals surface area contributed by atoms with Crippen molar-refractivity contribution in [1.82, 2.24) is 9.55 Å². The quantitative estimate of drug-likeness (QED) is 0.703. The van der Waals surface area contributed by atoms with Crippen LogP contribution in [0, 0.1) is 6.92 Å². The number of aryl methyl sites for hydroxylation is 1. The average molecular weight is 153 g/mol. The summed E-state index contributed by atoms with van der Waals surface area (Å²) in [5.74, 6) is 0.622. The van der Waals surface area contributed by atoms with Crippen LogP contribution in [0.25, 0.3) is 0 Å². The standard InChI is InChI=1S/C8H15N3/c1-4-7(3)11-5-6(2)10-8(11)9/h5,7H,4H2,1-3H3,(H2,9,10). The summed E-state index contributed by atoms with van der Waals surface area (Å²) < 4.78 is 2.01. The van der Waals surface area contributed by atoms with Crippen molar-refractivity contribution in [3.63, 3.8) is 0 Å². The van der Waals surface area contributed by atoms with Crippen LogP contribution in [0.1, 0.15) is 32.0 Å². The van der Waals surface area contributed by atoms with Crippen LogP contribution < -0.4 is 5.73 Å². The van der Waals surface area contributed by atoms with Crippen LogP contribution in [0.4, 0.5) is 5.95 Å². The Kier molecular flexibility index (Phi) is 2.17. The van der Waals surface area contributed by atoms with Gasteiger partial charge in [-0.2, -0.15) is 0 Å². The number of rotatable bonds is 2. The third-order valence-corrected chi connectivity index (χ3v) is 1.95. The first-order valence-electron chi connectivity index (χ1n) is 3.96. The van der Waals surface area contributed by atoms with Gasteiger partial charge < -0.3 is 10.3 Å². The second kappa shape index (κ2) is 2.95. The summed E-state index contributed by atoms with van der Waals surface area (Å²) in [6.45, 7) is 6.23. The van der Waals surface area contributed by atoms with E-state index in [1.165, 1.54) is 0 Å². The zero-order valence-corrected chi connectivity index (χ0v) is 7.33. The van der Waals surface area contributed by atoms with Crippen LogP contribution in [0.2, 0.25) is 0 Å². The highest BCUT2D eigenvalue weighted by atomic mass is 15.2. The maximum atomic E-state index is 5.67. The van der Waals surface area contributed by atoms with Gasteiger partial charge in [0.1, 0.15) is 0 Å². The van der Waals surface area contributed by atoms with Gasteiger partial charge in [0.15, 0.2) is 0 Å². The summed E-state index contributed by atoms with van der Waals surface area (Å²) in [5, 5.41) is 0. The highest BCUT2D eigenvalue weighted by Gasteiger charge is 2.06. The fourth-order valence-corrected chi connectivity index (χ4v) is 1.08. The van der Waals surface area contributed by atoms with E-state index in [0.29, 0.717) is 12.0 Å². The Labute approximate surface area is 67.2 Å². The van der Waals surface area contributed by atoms with Gasteiger partial charge in [0.25, 0.3) is 0 Å². The van der Waals surface area contributed by atoms with Gasteiger partial charge in [-0.15, -0.1) is 0 Å². The minimum absolute atomic E-state index is 0.455. The molecule has 0 spiro atoms. The van der Waals surface area contributed by atoms with Gasteiger partial charge in [0.05, 0.1) is 5.69 Å². The number of aromatic nitrogens is 2. The number of nitrogens with zero attached hydrogens (tertiary/aromatic N) is 2. The first kappa shape index (κ1) is 8.11. The predicted octanol–water partition coefficient (Wildman–Crippen LogP) is 1.74. The molecule has 3 nitrogen and oxygen atoms in total. The van der Waals surface area contributed by atoms with Crippen LogP contribution in [0.3, 0.4) is 0 Å². The van der Waals surface area contributed by atoms with Crippen LogP contribution in [0.5, 0.6) is 0 Å². The van der Waals surface area contributed by atoms with Crippen molar-refractivity contribution in [3.8, 4) is 0 Å². The first-order chi connectivity index (χ1) is 5.15. The molecule has 0 aliphatic carbocycles. The Morgan fingerprint density at radius 2 is 2.36 bits per heavy atom. The van der Waals surface area contributed by atoms with Crippen LogP contribution >= 0.6 is 0 Å². The molecule has 11 heavy (non-hydrogen) atoms. The zero-order chi connectivity index (χ0) is 8.43. The Bertz CT molecular complexity index is 239. The molecule has 1 aromatic heterocycles. The molecule has 1 unspecified atom stereocenters. The van der Waals surface area contributed by atoms with E-state index < -0.39 is 0 Å². The van der Waals surface area contributed by atoms with Gasteiger partial charge >= 0.3 is 0 Å². The smallest absolute Gasteiger partial charge is 0.200 e. The largest absolute Gasteiger partial charge is 0.369 e. The number of hydrogen-bond donors (Lipinski definition) is 1. The van der Waals surface area contributed by atoms with E-state index in [1.54, 1.807) is 0 Å². The highest BCUT2D eigenvalue weighted by molar-refractivity contribution is 5.22. The molecular weight excluding hydrogens is 138 g/mol. The molecule has 0 aromatic carbocycles. The lowest BCUT2D eigenvalue weighted by atomic mass is 10.2. The van der Waals surface area contributed by atoms with Gasteiger partial charge in [-0.25, -0.2) is 4.98 Å². The van der Waals surface area contributed by atoms with E-state index in [9.17, 15) is 0 Å². The van der Waals surface area contributed by atoms with Crippen molar-refractivity contribution in [2.45, 2.75) is 33.2 Å². The second-order valence-electron chi connectivity index (χ2n) is 2.91. The van der Waals surface area contributed by atoms with Crippen LogP contribution in [-0.2, 0) is 0 Å². The van der Waals surface area contributed by atoms with Gasteiger partial charge in [-0.1, -0.05) is 6.92 Å². The molecule has 0 aliphatic heterocycles. The lowest BCUT2D eigenvalue weighted by Crippen LogP contribution is -2.06. The lowest BCUT2D eigenvalue weighted by Gasteiger charge is -2.10. The topological polar surface area (TPSA) is 43.8 Å².